The van der Waals surface area contributed by atoms with Gasteiger partial charge in [0.05, 0.1) is 5.70 Å². The number of rotatable bonds is 2. The lowest BCUT2D eigenvalue weighted by Gasteiger charge is -2.11. The second-order valence-electron chi connectivity index (χ2n) is 1.66. The van der Waals surface area contributed by atoms with Crippen LogP contribution in [-0.4, -0.2) is 12.1 Å². The van der Waals surface area contributed by atoms with Gasteiger partial charge in [-0.15, -0.1) is 0 Å². The highest BCUT2D eigenvalue weighted by Crippen LogP contribution is 1.96. The first-order valence-corrected chi connectivity index (χ1v) is 2.69. The van der Waals surface area contributed by atoms with Gasteiger partial charge < -0.3 is 10.7 Å². The average molecular weight is 116 g/mol. The molecule has 0 heterocycles. The minimum absolute atomic E-state index is 0.941. The summed E-state index contributed by atoms with van der Waals surface area (Å²) in [5.74, 6) is 5.38. The molecule has 0 aliphatic carbocycles. The molecule has 5 N–H and O–H groups in total. The zero-order valence-corrected chi connectivity index (χ0v) is 5.52. The molecule has 8 heavy (non-hydrogen) atoms. The fraction of sp³-hybridized carbons (Fsp3) is 0.600. The lowest BCUT2D eigenvalue weighted by atomic mass is 10.3. The summed E-state index contributed by atoms with van der Waals surface area (Å²) in [5.41, 5.74) is 4.65. The van der Waals surface area contributed by atoms with Crippen molar-refractivity contribution in [3.8, 4) is 0 Å². The van der Waals surface area contributed by atoms with Gasteiger partial charge in [0.15, 0.2) is 0 Å². The highest BCUT2D eigenvalue weighted by atomic mass is 15.4. The minimum Gasteiger partial charge on any atom is -0.330 e. The number of hydrazine groups is 1. The Hall–Kier alpha value is -0.540. The maximum absolute atomic E-state index is 5.38. The topological polar surface area (TPSA) is 56.9 Å². The van der Waals surface area contributed by atoms with Gasteiger partial charge in [-0.3, -0.25) is 0 Å². The summed E-state index contributed by atoms with van der Waals surface area (Å²) in [7, 11) is 1.81. The first kappa shape index (κ1) is 7.46. The molecule has 0 aromatic carbocycles. The van der Waals surface area contributed by atoms with E-state index in [1.165, 1.54) is 0 Å². The summed E-state index contributed by atoms with van der Waals surface area (Å²) in [6, 6.07) is 0. The quantitative estimate of drug-likeness (QED) is 0.370. The van der Waals surface area contributed by atoms with Gasteiger partial charge in [-0.05, 0) is 6.42 Å². The second kappa shape index (κ2) is 3.46. The Balaban J connectivity index is 3.72. The molecular formula is C5H14N3+. The Morgan fingerprint density at radius 2 is 2.38 bits per heavy atom. The molecule has 0 unspecified atom stereocenters. The highest BCUT2D eigenvalue weighted by Gasteiger charge is 1.94. The molecule has 0 spiro atoms. The summed E-state index contributed by atoms with van der Waals surface area (Å²) in [4.78, 5) is 0. The molecule has 3 nitrogen and oxygen atoms in total. The Bertz CT molecular complexity index is 85.7. The zero-order valence-electron chi connectivity index (χ0n) is 5.52. The molecule has 0 bridgehead atoms. The Morgan fingerprint density at radius 1 is 1.88 bits per heavy atom. The maximum Gasteiger partial charge on any atom is 0.112 e. The van der Waals surface area contributed by atoms with Crippen molar-refractivity contribution >= 4 is 0 Å². The SMILES string of the molecule is CCC(=C[NH3+])N(C)N. The minimum atomic E-state index is 0.941. The van der Waals surface area contributed by atoms with Crippen LogP contribution in [-0.2, 0) is 0 Å². The maximum atomic E-state index is 5.38. The van der Waals surface area contributed by atoms with Crippen molar-refractivity contribution in [2.45, 2.75) is 13.3 Å². The van der Waals surface area contributed by atoms with Crippen LogP contribution < -0.4 is 11.6 Å². The fourth-order valence-electron chi connectivity index (χ4n) is 0.538. The van der Waals surface area contributed by atoms with E-state index in [1.54, 1.807) is 18.3 Å². The normalized spacial score (nSPS) is 11.8. The number of nitrogens with two attached hydrogens (primary N) is 1. The summed E-state index contributed by atoms with van der Waals surface area (Å²) >= 11 is 0. The van der Waals surface area contributed by atoms with Gasteiger partial charge in [0, 0.05) is 7.05 Å². The third-order valence-corrected chi connectivity index (χ3v) is 1.05. The molecule has 48 valence electrons. The van der Waals surface area contributed by atoms with Crippen molar-refractivity contribution in [1.82, 2.24) is 5.01 Å². The van der Waals surface area contributed by atoms with E-state index in [1.807, 2.05) is 6.92 Å². The summed E-state index contributed by atoms with van der Waals surface area (Å²) in [6.45, 7) is 2.04. The molecule has 0 fully saturated rings. The Labute approximate surface area is 49.9 Å². The van der Waals surface area contributed by atoms with Crippen LogP contribution >= 0.6 is 0 Å². The van der Waals surface area contributed by atoms with E-state index in [9.17, 15) is 0 Å². The second-order valence-corrected chi connectivity index (χ2v) is 1.66. The molecule has 0 radical (unpaired) electrons. The van der Waals surface area contributed by atoms with Crippen molar-refractivity contribution in [2.24, 2.45) is 5.84 Å². The van der Waals surface area contributed by atoms with Crippen LogP contribution in [0, 0.1) is 0 Å². The highest BCUT2D eigenvalue weighted by molar-refractivity contribution is 4.90. The van der Waals surface area contributed by atoms with E-state index in [-0.39, 0.29) is 0 Å². The number of nitrogens with zero attached hydrogens (tertiary/aromatic N) is 1. The molecule has 0 amide bonds. The molecule has 0 aromatic rings. The molecule has 3 heteroatoms. The number of hydrogen-bond acceptors (Lipinski definition) is 2. The van der Waals surface area contributed by atoms with E-state index in [0.29, 0.717) is 0 Å². The van der Waals surface area contributed by atoms with Crippen LogP contribution in [0.25, 0.3) is 0 Å². The summed E-state index contributed by atoms with van der Waals surface area (Å²) in [5, 5.41) is 1.58. The van der Waals surface area contributed by atoms with E-state index < -0.39 is 0 Å². The number of allylic oxidation sites excluding steroid dienone is 1. The largest absolute Gasteiger partial charge is 0.330 e. The van der Waals surface area contributed by atoms with Crippen LogP contribution in [0.4, 0.5) is 0 Å². The molecule has 0 aliphatic rings. The Morgan fingerprint density at radius 3 is 2.38 bits per heavy atom. The van der Waals surface area contributed by atoms with E-state index >= 15 is 0 Å². The van der Waals surface area contributed by atoms with Gasteiger partial charge in [0.2, 0.25) is 0 Å². The molecule has 0 aromatic heterocycles. The van der Waals surface area contributed by atoms with E-state index in [4.69, 9.17) is 5.84 Å². The van der Waals surface area contributed by atoms with Gasteiger partial charge in [-0.25, -0.2) is 5.84 Å². The van der Waals surface area contributed by atoms with Crippen molar-refractivity contribution < 1.29 is 5.73 Å². The van der Waals surface area contributed by atoms with Crippen molar-refractivity contribution in [1.29, 1.82) is 0 Å². The van der Waals surface area contributed by atoms with E-state index in [0.717, 1.165) is 12.1 Å². The predicted octanol–water partition coefficient (Wildman–Crippen LogP) is -0.715. The van der Waals surface area contributed by atoms with Crippen molar-refractivity contribution in [2.75, 3.05) is 7.05 Å². The lowest BCUT2D eigenvalue weighted by Crippen LogP contribution is -2.42. The molecule has 0 saturated carbocycles. The lowest BCUT2D eigenvalue weighted by molar-refractivity contribution is -0.277. The summed E-state index contributed by atoms with van der Waals surface area (Å²) < 4.78 is 0. The van der Waals surface area contributed by atoms with Gasteiger partial charge in [-0.1, -0.05) is 6.92 Å². The monoisotopic (exact) mass is 116 g/mol. The molecule has 0 atom stereocenters. The van der Waals surface area contributed by atoms with Crippen LogP contribution in [0.15, 0.2) is 11.9 Å². The first-order valence-electron chi connectivity index (χ1n) is 2.69. The van der Waals surface area contributed by atoms with Gasteiger partial charge in [-0.2, -0.15) is 0 Å². The standard InChI is InChI=1S/C5H13N3/c1-3-5(4-6)8(2)7/h4H,3,6-7H2,1-2H3/p+1. The fourth-order valence-corrected chi connectivity index (χ4v) is 0.538. The van der Waals surface area contributed by atoms with Gasteiger partial charge in [0.1, 0.15) is 6.20 Å². The average Bonchev–Trinajstić information content (AvgIpc) is 1.69. The third kappa shape index (κ3) is 1.95. The third-order valence-electron chi connectivity index (χ3n) is 1.05. The molecule has 0 saturated heterocycles. The van der Waals surface area contributed by atoms with Crippen molar-refractivity contribution in [3.05, 3.63) is 11.9 Å². The smallest absolute Gasteiger partial charge is 0.112 e. The van der Waals surface area contributed by atoms with Crippen LogP contribution in [0.2, 0.25) is 0 Å². The van der Waals surface area contributed by atoms with Gasteiger partial charge >= 0.3 is 0 Å². The first-order chi connectivity index (χ1) is 3.72. The number of hydrogen-bond donors (Lipinski definition) is 2. The zero-order chi connectivity index (χ0) is 6.57. The Kier molecular flexibility index (Phi) is 3.23. The number of quaternary nitrogens is 1. The molecule has 0 rings (SSSR count). The van der Waals surface area contributed by atoms with E-state index in [2.05, 4.69) is 5.73 Å². The van der Waals surface area contributed by atoms with Crippen molar-refractivity contribution in [3.63, 3.8) is 0 Å². The predicted molar refractivity (Wildman–Crippen MR) is 33.2 cm³/mol. The molecular weight excluding hydrogens is 102 g/mol. The molecule has 0 aliphatic heterocycles. The van der Waals surface area contributed by atoms with Crippen LogP contribution in [0.1, 0.15) is 13.3 Å². The van der Waals surface area contributed by atoms with Crippen LogP contribution in [0.5, 0.6) is 0 Å². The van der Waals surface area contributed by atoms with Gasteiger partial charge in [0.25, 0.3) is 0 Å². The van der Waals surface area contributed by atoms with Crippen LogP contribution in [0.3, 0.4) is 0 Å². The summed E-state index contributed by atoms with van der Waals surface area (Å²) in [6.07, 6.45) is 2.70.